The minimum atomic E-state index is -0.915. The summed E-state index contributed by atoms with van der Waals surface area (Å²) in [5.74, 6) is -1.84. The van der Waals surface area contributed by atoms with Crippen LogP contribution in [0.25, 0.3) is 0 Å². The highest BCUT2D eigenvalue weighted by molar-refractivity contribution is 6.29. The van der Waals surface area contributed by atoms with E-state index in [0.717, 1.165) is 0 Å². The molecule has 0 radical (unpaired) electrons. The predicted octanol–water partition coefficient (Wildman–Crippen LogP) is 1.88. The van der Waals surface area contributed by atoms with Crippen LogP contribution in [0.15, 0.2) is 12.1 Å². The van der Waals surface area contributed by atoms with Crippen LogP contribution in [0, 0.1) is 12.8 Å². The van der Waals surface area contributed by atoms with Crippen molar-refractivity contribution in [1.29, 1.82) is 0 Å². The average Bonchev–Trinajstić information content (AvgIpc) is 2.27. The lowest BCUT2D eigenvalue weighted by Crippen LogP contribution is -2.32. The summed E-state index contributed by atoms with van der Waals surface area (Å²) in [6.07, 6.45) is 0.464. The first-order chi connectivity index (χ1) is 8.43. The molecule has 0 aromatic carbocycles. The summed E-state index contributed by atoms with van der Waals surface area (Å²) in [7, 11) is 0. The van der Waals surface area contributed by atoms with Crippen LogP contribution >= 0.6 is 11.6 Å². The zero-order valence-electron chi connectivity index (χ0n) is 10.2. The number of hydrogen-bond donors (Lipinski definition) is 2. The number of carboxylic acid groups (broad SMARTS) is 1. The van der Waals surface area contributed by atoms with E-state index in [-0.39, 0.29) is 17.6 Å². The van der Waals surface area contributed by atoms with Crippen molar-refractivity contribution in [3.63, 3.8) is 0 Å². The fourth-order valence-electron chi connectivity index (χ4n) is 1.48. The molecule has 1 rings (SSSR count). The van der Waals surface area contributed by atoms with Gasteiger partial charge in [-0.3, -0.25) is 9.59 Å². The number of amides is 1. The molecule has 1 heterocycles. The van der Waals surface area contributed by atoms with Crippen LogP contribution in [0.5, 0.6) is 0 Å². The number of aromatic nitrogens is 1. The quantitative estimate of drug-likeness (QED) is 0.801. The van der Waals surface area contributed by atoms with Gasteiger partial charge in [-0.15, -0.1) is 0 Å². The van der Waals surface area contributed by atoms with E-state index in [9.17, 15) is 9.59 Å². The normalized spacial score (nSPS) is 11.9. The van der Waals surface area contributed by atoms with Crippen molar-refractivity contribution in [1.82, 2.24) is 10.3 Å². The molecule has 2 N–H and O–H groups in total. The maximum Gasteiger partial charge on any atom is 0.308 e. The lowest BCUT2D eigenvalue weighted by atomic mass is 10.1. The van der Waals surface area contributed by atoms with Crippen LogP contribution in [0.2, 0.25) is 5.15 Å². The molecule has 0 aliphatic heterocycles. The molecular weight excluding hydrogens is 256 g/mol. The third kappa shape index (κ3) is 4.00. The largest absolute Gasteiger partial charge is 0.481 e. The molecule has 0 saturated heterocycles. The smallest absolute Gasteiger partial charge is 0.308 e. The number of carbonyl (C=O) groups excluding carboxylic acids is 1. The molecule has 1 atom stereocenters. The molecule has 6 heteroatoms. The minimum Gasteiger partial charge on any atom is -0.481 e. The van der Waals surface area contributed by atoms with Gasteiger partial charge in [0.15, 0.2) is 0 Å². The molecule has 0 aliphatic carbocycles. The molecule has 98 valence electrons. The first-order valence-corrected chi connectivity index (χ1v) is 5.97. The number of rotatable bonds is 5. The van der Waals surface area contributed by atoms with Crippen molar-refractivity contribution in [2.75, 3.05) is 6.54 Å². The highest BCUT2D eigenvalue weighted by atomic mass is 35.5. The van der Waals surface area contributed by atoms with Crippen molar-refractivity contribution < 1.29 is 14.7 Å². The van der Waals surface area contributed by atoms with Gasteiger partial charge in [-0.2, -0.15) is 0 Å². The van der Waals surface area contributed by atoms with Crippen LogP contribution in [0.3, 0.4) is 0 Å². The average molecular weight is 271 g/mol. The lowest BCUT2D eigenvalue weighted by Gasteiger charge is -2.11. The van der Waals surface area contributed by atoms with E-state index in [1.807, 2.05) is 0 Å². The van der Waals surface area contributed by atoms with Crippen LogP contribution in [-0.4, -0.2) is 28.5 Å². The van der Waals surface area contributed by atoms with E-state index in [1.54, 1.807) is 19.9 Å². The number of nitrogens with zero attached hydrogens (tertiary/aromatic N) is 1. The SMILES string of the molecule is CCC(CNC(=O)c1cc(C)nc(Cl)c1)C(=O)O. The lowest BCUT2D eigenvalue weighted by molar-refractivity contribution is -0.141. The van der Waals surface area contributed by atoms with Gasteiger partial charge in [0.05, 0.1) is 5.92 Å². The highest BCUT2D eigenvalue weighted by Gasteiger charge is 2.16. The molecular formula is C12H15ClN2O3. The summed E-state index contributed by atoms with van der Waals surface area (Å²) in [6, 6.07) is 3.05. The van der Waals surface area contributed by atoms with Gasteiger partial charge in [-0.1, -0.05) is 18.5 Å². The molecule has 1 amide bonds. The van der Waals surface area contributed by atoms with Gasteiger partial charge in [-0.25, -0.2) is 4.98 Å². The highest BCUT2D eigenvalue weighted by Crippen LogP contribution is 2.10. The molecule has 5 nitrogen and oxygen atoms in total. The summed E-state index contributed by atoms with van der Waals surface area (Å²) in [4.78, 5) is 26.6. The van der Waals surface area contributed by atoms with E-state index in [4.69, 9.17) is 16.7 Å². The monoisotopic (exact) mass is 270 g/mol. The van der Waals surface area contributed by atoms with Crippen LogP contribution in [0.1, 0.15) is 29.4 Å². The molecule has 18 heavy (non-hydrogen) atoms. The Labute approximate surface area is 110 Å². The minimum absolute atomic E-state index is 0.101. The van der Waals surface area contributed by atoms with Crippen molar-refractivity contribution in [3.05, 3.63) is 28.5 Å². The van der Waals surface area contributed by atoms with E-state index in [1.165, 1.54) is 6.07 Å². The number of nitrogens with one attached hydrogen (secondary N) is 1. The Kier molecular flexibility index (Phi) is 5.09. The molecule has 0 spiro atoms. The topological polar surface area (TPSA) is 79.3 Å². The first kappa shape index (κ1) is 14.4. The number of pyridine rings is 1. The molecule has 0 saturated carbocycles. The fraction of sp³-hybridized carbons (Fsp3) is 0.417. The molecule has 0 fully saturated rings. The maximum absolute atomic E-state index is 11.8. The summed E-state index contributed by atoms with van der Waals surface area (Å²) >= 11 is 5.75. The van der Waals surface area contributed by atoms with Crippen molar-refractivity contribution in [2.24, 2.45) is 5.92 Å². The van der Waals surface area contributed by atoms with Crippen LogP contribution in [0.4, 0.5) is 0 Å². The van der Waals surface area contributed by atoms with Gasteiger partial charge in [0.25, 0.3) is 5.91 Å². The second-order valence-electron chi connectivity index (χ2n) is 3.97. The fourth-order valence-corrected chi connectivity index (χ4v) is 1.73. The van der Waals surface area contributed by atoms with Gasteiger partial charge < -0.3 is 10.4 Å². The Morgan fingerprint density at radius 1 is 1.50 bits per heavy atom. The second-order valence-corrected chi connectivity index (χ2v) is 4.36. The molecule has 1 unspecified atom stereocenters. The van der Waals surface area contributed by atoms with Gasteiger partial charge in [0, 0.05) is 17.8 Å². The standard InChI is InChI=1S/C12H15ClN2O3/c1-3-8(12(17)18)6-14-11(16)9-4-7(2)15-10(13)5-9/h4-5,8H,3,6H2,1-2H3,(H,14,16)(H,17,18). The third-order valence-corrected chi connectivity index (χ3v) is 2.73. The van der Waals surface area contributed by atoms with Crippen LogP contribution in [-0.2, 0) is 4.79 Å². The van der Waals surface area contributed by atoms with E-state index >= 15 is 0 Å². The summed E-state index contributed by atoms with van der Waals surface area (Å²) < 4.78 is 0. The number of aryl methyl sites for hydroxylation is 1. The Morgan fingerprint density at radius 2 is 2.17 bits per heavy atom. The Morgan fingerprint density at radius 3 is 2.67 bits per heavy atom. The Balaban J connectivity index is 2.68. The number of aliphatic carboxylic acids is 1. The third-order valence-electron chi connectivity index (χ3n) is 2.54. The molecule has 0 bridgehead atoms. The van der Waals surface area contributed by atoms with E-state index in [0.29, 0.717) is 17.7 Å². The summed E-state index contributed by atoms with van der Waals surface area (Å²) in [5.41, 5.74) is 1.02. The van der Waals surface area contributed by atoms with E-state index < -0.39 is 11.9 Å². The maximum atomic E-state index is 11.8. The zero-order chi connectivity index (χ0) is 13.7. The number of hydrogen-bond acceptors (Lipinski definition) is 3. The van der Waals surface area contributed by atoms with Gasteiger partial charge in [0.2, 0.25) is 0 Å². The number of carbonyl (C=O) groups is 2. The molecule has 1 aromatic rings. The number of carboxylic acids is 1. The van der Waals surface area contributed by atoms with Crippen molar-refractivity contribution >= 4 is 23.5 Å². The van der Waals surface area contributed by atoms with Crippen molar-refractivity contribution in [3.8, 4) is 0 Å². The van der Waals surface area contributed by atoms with Gasteiger partial charge in [0.1, 0.15) is 5.15 Å². The van der Waals surface area contributed by atoms with Crippen LogP contribution < -0.4 is 5.32 Å². The Bertz CT molecular complexity index is 442. The summed E-state index contributed by atoms with van der Waals surface area (Å²) in [5, 5.41) is 11.7. The molecule has 1 aromatic heterocycles. The Hall–Kier alpha value is -1.62. The zero-order valence-corrected chi connectivity index (χ0v) is 11.0. The van der Waals surface area contributed by atoms with Gasteiger partial charge >= 0.3 is 5.97 Å². The second kappa shape index (κ2) is 6.35. The van der Waals surface area contributed by atoms with E-state index in [2.05, 4.69) is 10.3 Å². The number of halogens is 1. The first-order valence-electron chi connectivity index (χ1n) is 5.59. The summed E-state index contributed by atoms with van der Waals surface area (Å²) in [6.45, 7) is 3.59. The van der Waals surface area contributed by atoms with Gasteiger partial charge in [-0.05, 0) is 25.5 Å². The molecule has 0 aliphatic rings. The van der Waals surface area contributed by atoms with Crippen molar-refractivity contribution in [2.45, 2.75) is 20.3 Å². The predicted molar refractivity (Wildman–Crippen MR) is 67.7 cm³/mol.